The Hall–Kier alpha value is -0.970. The molecule has 0 saturated carbocycles. The smallest absolute Gasteiger partial charge is 0.0758 e. The van der Waals surface area contributed by atoms with Crippen LogP contribution in [0.25, 0.3) is 10.9 Å². The summed E-state index contributed by atoms with van der Waals surface area (Å²) in [7, 11) is 0. The minimum atomic E-state index is 0.765. The third kappa shape index (κ3) is 2.60. The van der Waals surface area contributed by atoms with Crippen molar-refractivity contribution < 1.29 is 0 Å². The first-order chi connectivity index (χ1) is 10.3. The van der Waals surface area contributed by atoms with Crippen molar-refractivity contribution in [1.29, 1.82) is 0 Å². The molecule has 110 valence electrons. The lowest BCUT2D eigenvalue weighted by molar-refractivity contribution is 0.156. The maximum atomic E-state index is 4.60. The molecule has 2 saturated heterocycles. The van der Waals surface area contributed by atoms with Gasteiger partial charge in [0.05, 0.1) is 5.52 Å². The van der Waals surface area contributed by atoms with Gasteiger partial charge >= 0.3 is 0 Å². The average molecular weight is 346 g/mol. The molecule has 1 N–H and O–H groups in total. The standard InChI is InChI=1S/C17H20BrN3/c18-15-4-3-13(17-14(15)2-1-7-20-17)11-21-9-6-16-12(10-21)5-8-19-16/h1-4,7,12,16,19H,5-6,8-11H2. The molecule has 0 amide bonds. The second kappa shape index (κ2) is 5.67. The van der Waals surface area contributed by atoms with Crippen LogP contribution in [0.2, 0.25) is 0 Å². The van der Waals surface area contributed by atoms with Gasteiger partial charge in [0.25, 0.3) is 0 Å². The van der Waals surface area contributed by atoms with Crippen molar-refractivity contribution in [2.75, 3.05) is 19.6 Å². The summed E-state index contributed by atoms with van der Waals surface area (Å²) >= 11 is 3.63. The van der Waals surface area contributed by atoms with Gasteiger partial charge in [-0.1, -0.05) is 28.1 Å². The Labute approximate surface area is 133 Å². The highest BCUT2D eigenvalue weighted by Gasteiger charge is 2.32. The van der Waals surface area contributed by atoms with Gasteiger partial charge in [0.2, 0.25) is 0 Å². The van der Waals surface area contributed by atoms with Crippen LogP contribution in [-0.2, 0) is 6.54 Å². The number of fused-ring (bicyclic) bond motifs is 2. The summed E-state index contributed by atoms with van der Waals surface area (Å²) in [5.74, 6) is 0.841. The highest BCUT2D eigenvalue weighted by Crippen LogP contribution is 2.29. The number of likely N-dealkylation sites (tertiary alicyclic amines) is 1. The van der Waals surface area contributed by atoms with Crippen molar-refractivity contribution in [3.8, 4) is 0 Å². The van der Waals surface area contributed by atoms with Crippen LogP contribution in [0.5, 0.6) is 0 Å². The van der Waals surface area contributed by atoms with Crippen LogP contribution >= 0.6 is 15.9 Å². The van der Waals surface area contributed by atoms with Crippen molar-refractivity contribution >= 4 is 26.8 Å². The van der Waals surface area contributed by atoms with E-state index in [1.165, 1.54) is 43.4 Å². The molecule has 2 aliphatic rings. The largest absolute Gasteiger partial charge is 0.314 e. The second-order valence-electron chi connectivity index (χ2n) is 6.24. The van der Waals surface area contributed by atoms with Crippen LogP contribution in [0.3, 0.4) is 0 Å². The van der Waals surface area contributed by atoms with Gasteiger partial charge in [-0.3, -0.25) is 9.88 Å². The molecular weight excluding hydrogens is 326 g/mol. The number of nitrogens with zero attached hydrogens (tertiary/aromatic N) is 2. The number of hydrogen-bond donors (Lipinski definition) is 1. The van der Waals surface area contributed by atoms with Crippen LogP contribution in [-0.4, -0.2) is 35.6 Å². The minimum Gasteiger partial charge on any atom is -0.314 e. The summed E-state index contributed by atoms with van der Waals surface area (Å²) in [5.41, 5.74) is 2.48. The van der Waals surface area contributed by atoms with E-state index in [2.05, 4.69) is 49.3 Å². The van der Waals surface area contributed by atoms with Crippen LogP contribution in [0.1, 0.15) is 18.4 Å². The zero-order valence-electron chi connectivity index (χ0n) is 12.1. The molecule has 0 radical (unpaired) electrons. The molecule has 2 fully saturated rings. The van der Waals surface area contributed by atoms with E-state index in [9.17, 15) is 0 Å². The van der Waals surface area contributed by atoms with E-state index in [0.717, 1.165) is 28.5 Å². The highest BCUT2D eigenvalue weighted by atomic mass is 79.9. The van der Waals surface area contributed by atoms with Crippen LogP contribution in [0.4, 0.5) is 0 Å². The lowest BCUT2D eigenvalue weighted by atomic mass is 9.93. The Morgan fingerprint density at radius 3 is 3.19 bits per heavy atom. The van der Waals surface area contributed by atoms with Gasteiger partial charge in [0.1, 0.15) is 0 Å². The van der Waals surface area contributed by atoms with Crippen LogP contribution < -0.4 is 5.32 Å². The molecule has 2 unspecified atom stereocenters. The van der Waals surface area contributed by atoms with E-state index >= 15 is 0 Å². The summed E-state index contributed by atoms with van der Waals surface area (Å²) in [5, 5.41) is 4.85. The quantitative estimate of drug-likeness (QED) is 0.905. The van der Waals surface area contributed by atoms with Crippen LogP contribution in [0, 0.1) is 5.92 Å². The first-order valence-electron chi connectivity index (χ1n) is 7.79. The fourth-order valence-corrected chi connectivity index (χ4v) is 4.28. The molecule has 3 heterocycles. The lowest BCUT2D eigenvalue weighted by Gasteiger charge is -2.35. The van der Waals surface area contributed by atoms with Gasteiger partial charge in [0.15, 0.2) is 0 Å². The Bertz CT molecular complexity index is 658. The zero-order valence-corrected chi connectivity index (χ0v) is 13.6. The van der Waals surface area contributed by atoms with E-state index in [4.69, 9.17) is 0 Å². The SMILES string of the molecule is Brc1ccc(CN2CCC3NCCC3C2)c2ncccc12. The predicted octanol–water partition coefficient (Wildman–Crippen LogP) is 3.18. The van der Waals surface area contributed by atoms with Gasteiger partial charge in [-0.25, -0.2) is 0 Å². The van der Waals surface area contributed by atoms with E-state index in [0.29, 0.717) is 0 Å². The molecule has 0 spiro atoms. The van der Waals surface area contributed by atoms with Gasteiger partial charge in [0, 0.05) is 35.2 Å². The third-order valence-electron chi connectivity index (χ3n) is 4.93. The molecular formula is C17H20BrN3. The normalized spacial score (nSPS) is 26.1. The fraction of sp³-hybridized carbons (Fsp3) is 0.471. The van der Waals surface area contributed by atoms with E-state index < -0.39 is 0 Å². The molecule has 0 aliphatic carbocycles. The summed E-state index contributed by atoms with van der Waals surface area (Å²) in [6.07, 6.45) is 4.51. The number of piperidine rings is 1. The zero-order chi connectivity index (χ0) is 14.2. The highest BCUT2D eigenvalue weighted by molar-refractivity contribution is 9.10. The second-order valence-corrected chi connectivity index (χ2v) is 7.09. The summed E-state index contributed by atoms with van der Waals surface area (Å²) in [6, 6.07) is 9.29. The molecule has 0 bridgehead atoms. The van der Waals surface area contributed by atoms with Gasteiger partial charge in [-0.05, 0) is 49.5 Å². The lowest BCUT2D eigenvalue weighted by Crippen LogP contribution is -2.43. The number of benzene rings is 1. The van der Waals surface area contributed by atoms with Gasteiger partial charge < -0.3 is 5.32 Å². The van der Waals surface area contributed by atoms with Crippen molar-refractivity contribution in [3.63, 3.8) is 0 Å². The van der Waals surface area contributed by atoms with Crippen molar-refractivity contribution in [1.82, 2.24) is 15.2 Å². The molecule has 4 rings (SSSR count). The third-order valence-corrected chi connectivity index (χ3v) is 5.63. The Balaban J connectivity index is 1.58. The molecule has 2 aromatic rings. The van der Waals surface area contributed by atoms with Gasteiger partial charge in [-0.15, -0.1) is 0 Å². The molecule has 4 heteroatoms. The number of aromatic nitrogens is 1. The molecule has 2 atom stereocenters. The molecule has 21 heavy (non-hydrogen) atoms. The Morgan fingerprint density at radius 2 is 2.24 bits per heavy atom. The first-order valence-corrected chi connectivity index (χ1v) is 8.58. The summed E-state index contributed by atoms with van der Waals surface area (Å²) < 4.78 is 1.13. The van der Waals surface area contributed by atoms with E-state index in [-0.39, 0.29) is 0 Å². The Kier molecular flexibility index (Phi) is 3.69. The average Bonchev–Trinajstić information content (AvgIpc) is 2.98. The van der Waals surface area contributed by atoms with Crippen molar-refractivity contribution in [3.05, 3.63) is 40.5 Å². The first kappa shape index (κ1) is 13.7. The maximum absolute atomic E-state index is 4.60. The summed E-state index contributed by atoms with van der Waals surface area (Å²) in [6.45, 7) is 4.64. The molecule has 1 aromatic heterocycles. The number of nitrogens with one attached hydrogen (secondary N) is 1. The summed E-state index contributed by atoms with van der Waals surface area (Å²) in [4.78, 5) is 7.21. The molecule has 3 nitrogen and oxygen atoms in total. The molecule has 2 aliphatic heterocycles. The predicted molar refractivity (Wildman–Crippen MR) is 89.2 cm³/mol. The number of pyridine rings is 1. The number of rotatable bonds is 2. The topological polar surface area (TPSA) is 28.2 Å². The van der Waals surface area contributed by atoms with Crippen molar-refractivity contribution in [2.45, 2.75) is 25.4 Å². The number of halogens is 1. The van der Waals surface area contributed by atoms with Crippen LogP contribution in [0.15, 0.2) is 34.9 Å². The monoisotopic (exact) mass is 345 g/mol. The molecule has 1 aromatic carbocycles. The maximum Gasteiger partial charge on any atom is 0.0758 e. The van der Waals surface area contributed by atoms with E-state index in [1.807, 2.05) is 12.3 Å². The minimum absolute atomic E-state index is 0.765. The van der Waals surface area contributed by atoms with E-state index in [1.54, 1.807) is 0 Å². The van der Waals surface area contributed by atoms with Crippen molar-refractivity contribution in [2.24, 2.45) is 5.92 Å². The fourth-order valence-electron chi connectivity index (χ4n) is 3.83. The van der Waals surface area contributed by atoms with Gasteiger partial charge in [-0.2, -0.15) is 0 Å². The Morgan fingerprint density at radius 1 is 1.29 bits per heavy atom. The number of hydrogen-bond acceptors (Lipinski definition) is 3.